The minimum Gasteiger partial charge on any atom is -0.321 e. The molecular weight excluding hydrogens is 338 g/mol. The maximum Gasteiger partial charge on any atom is 0.269 e. The first-order valence-electron chi connectivity index (χ1n) is 6.19. The highest BCUT2D eigenvalue weighted by atomic mass is 79.9. The Hall–Kier alpha value is -1.27. The van der Waals surface area contributed by atoms with Gasteiger partial charge < -0.3 is 5.32 Å². The largest absolute Gasteiger partial charge is 0.321 e. The van der Waals surface area contributed by atoms with Crippen molar-refractivity contribution in [2.24, 2.45) is 0 Å². The molecule has 0 aliphatic heterocycles. The Balaban J connectivity index is 2.27. The van der Waals surface area contributed by atoms with E-state index in [2.05, 4.69) is 30.8 Å². The van der Waals surface area contributed by atoms with Crippen LogP contribution in [0.5, 0.6) is 0 Å². The van der Waals surface area contributed by atoms with Crippen molar-refractivity contribution in [3.05, 3.63) is 38.8 Å². The number of rotatable bonds is 2. The Bertz CT molecular complexity index is 646. The standard InChI is InChI=1S/C14H16BrN3OS/c1-8-7-9(15)5-6-10(8)16-13(19)11-12(14(2,3)4)17-18-20-11/h5-7H,1-4H3,(H,16,19). The summed E-state index contributed by atoms with van der Waals surface area (Å²) in [6.45, 7) is 8.01. The average Bonchev–Trinajstić information content (AvgIpc) is 2.81. The highest BCUT2D eigenvalue weighted by molar-refractivity contribution is 9.10. The van der Waals surface area contributed by atoms with E-state index in [0.29, 0.717) is 4.88 Å². The summed E-state index contributed by atoms with van der Waals surface area (Å²) in [5.74, 6) is -0.157. The molecular formula is C14H16BrN3OS. The SMILES string of the molecule is Cc1cc(Br)ccc1NC(=O)c1snnc1C(C)(C)C. The molecule has 20 heavy (non-hydrogen) atoms. The van der Waals surface area contributed by atoms with Gasteiger partial charge in [-0.25, -0.2) is 0 Å². The minimum absolute atomic E-state index is 0.157. The Morgan fingerprint density at radius 1 is 1.35 bits per heavy atom. The molecule has 0 saturated carbocycles. The fraction of sp³-hybridized carbons (Fsp3) is 0.357. The predicted octanol–water partition coefficient (Wildman–Crippen LogP) is 4.16. The van der Waals surface area contributed by atoms with Gasteiger partial charge in [-0.3, -0.25) is 4.79 Å². The summed E-state index contributed by atoms with van der Waals surface area (Å²) in [5.41, 5.74) is 2.33. The molecule has 1 amide bonds. The van der Waals surface area contributed by atoms with Crippen molar-refractivity contribution >= 4 is 39.1 Å². The Morgan fingerprint density at radius 3 is 2.65 bits per heavy atom. The summed E-state index contributed by atoms with van der Waals surface area (Å²) in [4.78, 5) is 13.0. The zero-order valence-electron chi connectivity index (χ0n) is 11.8. The van der Waals surface area contributed by atoms with Crippen molar-refractivity contribution in [2.75, 3.05) is 5.32 Å². The molecule has 4 nitrogen and oxygen atoms in total. The van der Waals surface area contributed by atoms with Crippen molar-refractivity contribution in [1.29, 1.82) is 0 Å². The van der Waals surface area contributed by atoms with Crippen LogP contribution in [-0.2, 0) is 5.41 Å². The molecule has 0 spiro atoms. The smallest absolute Gasteiger partial charge is 0.269 e. The number of aromatic nitrogens is 2. The van der Waals surface area contributed by atoms with E-state index in [9.17, 15) is 4.79 Å². The van der Waals surface area contributed by atoms with E-state index in [1.54, 1.807) is 0 Å². The van der Waals surface area contributed by atoms with Gasteiger partial charge in [-0.15, -0.1) is 5.10 Å². The third-order valence-corrected chi connectivity index (χ3v) is 4.06. The number of aryl methyl sites for hydroxylation is 1. The lowest BCUT2D eigenvalue weighted by Crippen LogP contribution is -2.20. The van der Waals surface area contributed by atoms with Crippen LogP contribution in [-0.4, -0.2) is 15.5 Å². The summed E-state index contributed by atoms with van der Waals surface area (Å²) < 4.78 is 4.90. The molecule has 2 rings (SSSR count). The monoisotopic (exact) mass is 353 g/mol. The molecule has 6 heteroatoms. The van der Waals surface area contributed by atoms with Crippen LogP contribution in [0.2, 0.25) is 0 Å². The second-order valence-corrected chi connectivity index (χ2v) is 7.28. The summed E-state index contributed by atoms with van der Waals surface area (Å²) in [6.07, 6.45) is 0. The molecule has 0 aliphatic rings. The van der Waals surface area contributed by atoms with E-state index in [-0.39, 0.29) is 11.3 Å². The molecule has 1 aromatic carbocycles. The van der Waals surface area contributed by atoms with Crippen molar-refractivity contribution < 1.29 is 4.79 Å². The topological polar surface area (TPSA) is 54.9 Å². The van der Waals surface area contributed by atoms with Gasteiger partial charge in [-0.05, 0) is 42.2 Å². The lowest BCUT2D eigenvalue weighted by Gasteiger charge is -2.16. The number of carbonyl (C=O) groups is 1. The van der Waals surface area contributed by atoms with Crippen LogP contribution >= 0.6 is 27.5 Å². The maximum atomic E-state index is 12.4. The molecule has 106 valence electrons. The normalized spacial score (nSPS) is 11.4. The van der Waals surface area contributed by atoms with E-state index in [0.717, 1.165) is 32.9 Å². The molecule has 0 bridgehead atoms. The molecule has 0 saturated heterocycles. The molecule has 1 heterocycles. The zero-order chi connectivity index (χ0) is 14.9. The van der Waals surface area contributed by atoms with Gasteiger partial charge in [0.15, 0.2) is 0 Å². The summed E-state index contributed by atoms with van der Waals surface area (Å²) >= 11 is 4.54. The average molecular weight is 354 g/mol. The maximum absolute atomic E-state index is 12.4. The highest BCUT2D eigenvalue weighted by Gasteiger charge is 2.26. The van der Waals surface area contributed by atoms with Crippen LogP contribution in [0, 0.1) is 6.92 Å². The van der Waals surface area contributed by atoms with Crippen LogP contribution in [0.15, 0.2) is 22.7 Å². The number of benzene rings is 1. The fourth-order valence-electron chi connectivity index (χ4n) is 1.78. The predicted molar refractivity (Wildman–Crippen MR) is 85.4 cm³/mol. The van der Waals surface area contributed by atoms with Crippen LogP contribution in [0.3, 0.4) is 0 Å². The van der Waals surface area contributed by atoms with Gasteiger partial charge >= 0.3 is 0 Å². The molecule has 0 aliphatic carbocycles. The first kappa shape index (κ1) is 15.1. The summed E-state index contributed by atoms with van der Waals surface area (Å²) in [7, 11) is 0. The minimum atomic E-state index is -0.200. The van der Waals surface area contributed by atoms with Crippen LogP contribution in [0.4, 0.5) is 5.69 Å². The van der Waals surface area contributed by atoms with Gasteiger partial charge in [0.2, 0.25) is 0 Å². The van der Waals surface area contributed by atoms with Crippen molar-refractivity contribution in [2.45, 2.75) is 33.1 Å². The quantitative estimate of drug-likeness (QED) is 0.881. The second-order valence-electron chi connectivity index (χ2n) is 5.61. The first-order chi connectivity index (χ1) is 9.29. The van der Waals surface area contributed by atoms with Crippen LogP contribution in [0.25, 0.3) is 0 Å². The summed E-state index contributed by atoms with van der Waals surface area (Å²) in [5, 5.41) is 7.01. The van der Waals surface area contributed by atoms with Crippen molar-refractivity contribution in [1.82, 2.24) is 9.59 Å². The van der Waals surface area contributed by atoms with E-state index in [4.69, 9.17) is 0 Å². The van der Waals surface area contributed by atoms with E-state index in [1.807, 2.05) is 45.9 Å². The van der Waals surface area contributed by atoms with Gasteiger partial charge in [-0.2, -0.15) is 0 Å². The number of hydrogen-bond acceptors (Lipinski definition) is 4. The number of hydrogen-bond donors (Lipinski definition) is 1. The molecule has 0 unspecified atom stereocenters. The third-order valence-electron chi connectivity index (χ3n) is 2.84. The van der Waals surface area contributed by atoms with Crippen LogP contribution < -0.4 is 5.32 Å². The van der Waals surface area contributed by atoms with E-state index in [1.165, 1.54) is 0 Å². The summed E-state index contributed by atoms with van der Waals surface area (Å²) in [6, 6.07) is 5.74. The first-order valence-corrected chi connectivity index (χ1v) is 7.76. The molecule has 2 aromatic rings. The third kappa shape index (κ3) is 3.24. The van der Waals surface area contributed by atoms with Gasteiger partial charge in [0.1, 0.15) is 4.88 Å². The van der Waals surface area contributed by atoms with Crippen molar-refractivity contribution in [3.8, 4) is 0 Å². The number of anilines is 1. The van der Waals surface area contributed by atoms with E-state index < -0.39 is 0 Å². The Kier molecular flexibility index (Phi) is 4.25. The number of nitrogens with zero attached hydrogens (tertiary/aromatic N) is 2. The molecule has 0 atom stereocenters. The lowest BCUT2D eigenvalue weighted by atomic mass is 9.91. The van der Waals surface area contributed by atoms with Gasteiger partial charge in [0.05, 0.1) is 5.69 Å². The van der Waals surface area contributed by atoms with E-state index >= 15 is 0 Å². The van der Waals surface area contributed by atoms with Crippen molar-refractivity contribution in [3.63, 3.8) is 0 Å². The van der Waals surface area contributed by atoms with Gasteiger partial charge in [-0.1, -0.05) is 41.2 Å². The molecule has 1 N–H and O–H groups in total. The number of amides is 1. The van der Waals surface area contributed by atoms with Gasteiger partial charge in [0.25, 0.3) is 5.91 Å². The van der Waals surface area contributed by atoms with Crippen LogP contribution in [0.1, 0.15) is 41.7 Å². The van der Waals surface area contributed by atoms with Gasteiger partial charge in [0, 0.05) is 15.6 Å². The lowest BCUT2D eigenvalue weighted by molar-refractivity contribution is 0.102. The number of carbonyl (C=O) groups excluding carboxylic acids is 1. The zero-order valence-corrected chi connectivity index (χ0v) is 14.2. The second kappa shape index (κ2) is 5.61. The molecule has 1 aromatic heterocycles. The fourth-order valence-corrected chi connectivity index (χ4v) is 3.02. The number of halogens is 1. The Labute approximate surface area is 130 Å². The Morgan fingerprint density at radius 2 is 2.05 bits per heavy atom. The molecule has 0 fully saturated rings. The highest BCUT2D eigenvalue weighted by Crippen LogP contribution is 2.27. The number of nitrogens with one attached hydrogen (secondary N) is 1. The molecule has 0 radical (unpaired) electrons.